The van der Waals surface area contributed by atoms with E-state index in [-0.39, 0.29) is 0 Å². The zero-order valence-electron chi connectivity index (χ0n) is 15.7. The minimum Gasteiger partial charge on any atom is -0.390 e. The third-order valence-electron chi connectivity index (χ3n) is 4.64. The van der Waals surface area contributed by atoms with Gasteiger partial charge in [0.1, 0.15) is 5.15 Å². The Morgan fingerprint density at radius 1 is 1.33 bits per heavy atom. The fraction of sp³-hybridized carbons (Fsp3) is 0.450. The molecule has 1 aliphatic heterocycles. The number of nitrogens with one attached hydrogen (secondary N) is 2. The highest BCUT2D eigenvalue weighted by molar-refractivity contribution is 6.29. The quantitative estimate of drug-likeness (QED) is 0.412. The zero-order valence-corrected chi connectivity index (χ0v) is 16.4. The van der Waals surface area contributed by atoms with Gasteiger partial charge in [0, 0.05) is 48.9 Å². The van der Waals surface area contributed by atoms with Crippen LogP contribution in [0.25, 0.3) is 16.6 Å². The molecular weight excluding hydrogens is 362 g/mol. The second-order valence-electron chi connectivity index (χ2n) is 6.55. The van der Waals surface area contributed by atoms with Crippen LogP contribution in [0.3, 0.4) is 0 Å². The normalized spacial score (nSPS) is 15.9. The van der Waals surface area contributed by atoms with E-state index in [2.05, 4.69) is 20.2 Å². The molecule has 0 aliphatic carbocycles. The molecule has 0 amide bonds. The number of pyridine rings is 2. The van der Waals surface area contributed by atoms with Crippen molar-refractivity contribution in [1.29, 1.82) is 5.41 Å². The molecule has 3 heterocycles. The molecule has 1 aliphatic rings. The molecule has 0 unspecified atom stereocenters. The fourth-order valence-electron chi connectivity index (χ4n) is 3.07. The summed E-state index contributed by atoms with van der Waals surface area (Å²) in [5.41, 5.74) is 3.83. The van der Waals surface area contributed by atoms with Crippen LogP contribution in [-0.2, 0) is 4.74 Å². The number of morpholine rings is 1. The van der Waals surface area contributed by atoms with Gasteiger partial charge in [-0.25, -0.2) is 4.98 Å². The van der Waals surface area contributed by atoms with Crippen LogP contribution in [-0.4, -0.2) is 60.0 Å². The van der Waals surface area contributed by atoms with Crippen LogP contribution in [0.2, 0.25) is 5.15 Å². The van der Waals surface area contributed by atoms with E-state index in [1.165, 1.54) is 0 Å². The third kappa shape index (κ3) is 5.48. The molecule has 0 bridgehead atoms. The van der Waals surface area contributed by atoms with Crippen LogP contribution in [0.4, 0.5) is 0 Å². The summed E-state index contributed by atoms with van der Waals surface area (Å²) in [5, 5.41) is 12.1. The summed E-state index contributed by atoms with van der Waals surface area (Å²) < 4.78 is 5.37. The van der Waals surface area contributed by atoms with Crippen LogP contribution < -0.4 is 5.32 Å². The maximum atomic E-state index is 8.32. The van der Waals surface area contributed by atoms with Crippen molar-refractivity contribution in [3.05, 3.63) is 41.3 Å². The van der Waals surface area contributed by atoms with Gasteiger partial charge in [-0.15, -0.1) is 0 Å². The molecule has 2 aromatic rings. The van der Waals surface area contributed by atoms with E-state index in [1.807, 2.05) is 25.3 Å². The molecule has 2 aromatic heterocycles. The highest BCUT2D eigenvalue weighted by Gasteiger charge is 2.11. The van der Waals surface area contributed by atoms with Crippen LogP contribution in [0.1, 0.15) is 25.3 Å². The Bertz CT molecular complexity index is 817. The van der Waals surface area contributed by atoms with Crippen molar-refractivity contribution >= 4 is 33.9 Å². The van der Waals surface area contributed by atoms with Crippen LogP contribution in [0, 0.1) is 5.41 Å². The highest BCUT2D eigenvalue weighted by Crippen LogP contribution is 2.21. The van der Waals surface area contributed by atoms with Gasteiger partial charge in [0.25, 0.3) is 0 Å². The van der Waals surface area contributed by atoms with Gasteiger partial charge < -0.3 is 15.5 Å². The van der Waals surface area contributed by atoms with Crippen molar-refractivity contribution in [3.63, 3.8) is 0 Å². The van der Waals surface area contributed by atoms with Crippen molar-refractivity contribution in [2.75, 3.05) is 39.4 Å². The summed E-state index contributed by atoms with van der Waals surface area (Å²) in [7, 11) is 0. The molecule has 1 saturated heterocycles. The van der Waals surface area contributed by atoms with Gasteiger partial charge in [0.2, 0.25) is 0 Å². The van der Waals surface area contributed by atoms with Gasteiger partial charge in [-0.05, 0) is 37.6 Å². The van der Waals surface area contributed by atoms with Gasteiger partial charge >= 0.3 is 0 Å². The largest absolute Gasteiger partial charge is 0.390 e. The lowest BCUT2D eigenvalue weighted by molar-refractivity contribution is 0.0375. The van der Waals surface area contributed by atoms with Crippen LogP contribution in [0.5, 0.6) is 0 Å². The number of halogens is 1. The Morgan fingerprint density at radius 3 is 2.93 bits per heavy atom. The number of aromatic nitrogens is 2. The van der Waals surface area contributed by atoms with Gasteiger partial charge in [-0.3, -0.25) is 9.88 Å². The average Bonchev–Trinajstić information content (AvgIpc) is 2.70. The first-order chi connectivity index (χ1) is 13.2. The Balaban J connectivity index is 1.66. The maximum absolute atomic E-state index is 8.32. The number of hydrogen-bond donors (Lipinski definition) is 2. The van der Waals surface area contributed by atoms with E-state index in [0.29, 0.717) is 17.3 Å². The maximum Gasteiger partial charge on any atom is 0.129 e. The van der Waals surface area contributed by atoms with Crippen molar-refractivity contribution < 1.29 is 4.74 Å². The molecule has 2 N–H and O–H groups in total. The van der Waals surface area contributed by atoms with Gasteiger partial charge in [-0.2, -0.15) is 0 Å². The SMILES string of the molecule is CCC(=N)/C(=C\NCCCN1CCOCC1)c1cnc2ccc(Cl)nc2c1. The molecule has 0 radical (unpaired) electrons. The molecule has 0 spiro atoms. The Kier molecular flexibility index (Phi) is 7.15. The predicted octanol–water partition coefficient (Wildman–Crippen LogP) is 3.37. The summed E-state index contributed by atoms with van der Waals surface area (Å²) in [6.07, 6.45) is 5.43. The van der Waals surface area contributed by atoms with E-state index in [4.69, 9.17) is 21.7 Å². The number of allylic oxidation sites excluding steroid dienone is 1. The Morgan fingerprint density at radius 2 is 2.15 bits per heavy atom. The summed E-state index contributed by atoms with van der Waals surface area (Å²) in [6.45, 7) is 7.60. The standard InChI is InChI=1S/C20H26ClN5O/c1-2-17(22)16(14-23-6-3-7-26-8-10-27-11-9-26)15-12-19-18(24-13-15)4-5-20(21)25-19/h4-5,12-14,22-23H,2-3,6-11H2,1H3/b16-14-,22-17?. The minimum absolute atomic E-state index is 0.443. The Labute approximate surface area is 165 Å². The third-order valence-corrected chi connectivity index (χ3v) is 4.85. The number of fused-ring (bicyclic) bond motifs is 1. The second-order valence-corrected chi connectivity index (χ2v) is 6.94. The molecule has 0 aromatic carbocycles. The molecule has 0 atom stereocenters. The zero-order chi connectivity index (χ0) is 19.1. The lowest BCUT2D eigenvalue weighted by Gasteiger charge is -2.26. The van der Waals surface area contributed by atoms with Crippen LogP contribution >= 0.6 is 11.6 Å². The first-order valence-electron chi connectivity index (χ1n) is 9.41. The molecular formula is C20H26ClN5O. The second kappa shape index (κ2) is 9.78. The first kappa shape index (κ1) is 19.7. The minimum atomic E-state index is 0.443. The summed E-state index contributed by atoms with van der Waals surface area (Å²) in [4.78, 5) is 11.2. The highest BCUT2D eigenvalue weighted by atomic mass is 35.5. The van der Waals surface area contributed by atoms with Gasteiger partial charge in [0.15, 0.2) is 0 Å². The number of nitrogens with zero attached hydrogens (tertiary/aromatic N) is 3. The molecule has 144 valence electrons. The lowest BCUT2D eigenvalue weighted by Crippen LogP contribution is -2.37. The molecule has 1 fully saturated rings. The van der Waals surface area contributed by atoms with E-state index in [9.17, 15) is 0 Å². The van der Waals surface area contributed by atoms with Gasteiger partial charge in [0.05, 0.1) is 24.2 Å². The van der Waals surface area contributed by atoms with E-state index in [1.54, 1.807) is 12.3 Å². The number of hydrogen-bond acceptors (Lipinski definition) is 6. The van der Waals surface area contributed by atoms with Crippen LogP contribution in [0.15, 0.2) is 30.6 Å². The van der Waals surface area contributed by atoms with Crippen molar-refractivity contribution in [2.45, 2.75) is 19.8 Å². The lowest BCUT2D eigenvalue weighted by atomic mass is 10.0. The molecule has 27 heavy (non-hydrogen) atoms. The van der Waals surface area contributed by atoms with Gasteiger partial charge in [-0.1, -0.05) is 18.5 Å². The first-order valence-corrected chi connectivity index (χ1v) is 9.79. The van der Waals surface area contributed by atoms with Crippen molar-refractivity contribution in [3.8, 4) is 0 Å². The molecule has 3 rings (SSSR count). The molecule has 6 nitrogen and oxygen atoms in total. The monoisotopic (exact) mass is 387 g/mol. The summed E-state index contributed by atoms with van der Waals surface area (Å²) in [6, 6.07) is 5.53. The van der Waals surface area contributed by atoms with E-state index >= 15 is 0 Å². The van der Waals surface area contributed by atoms with Crippen molar-refractivity contribution in [1.82, 2.24) is 20.2 Å². The molecule has 7 heteroatoms. The average molecular weight is 388 g/mol. The molecule has 0 saturated carbocycles. The number of rotatable bonds is 8. The Hall–Kier alpha value is -2.02. The fourth-order valence-corrected chi connectivity index (χ4v) is 3.22. The summed E-state index contributed by atoms with van der Waals surface area (Å²) in [5.74, 6) is 0. The summed E-state index contributed by atoms with van der Waals surface area (Å²) >= 11 is 6.00. The smallest absolute Gasteiger partial charge is 0.129 e. The van der Waals surface area contributed by atoms with E-state index in [0.717, 1.165) is 68.0 Å². The van der Waals surface area contributed by atoms with E-state index < -0.39 is 0 Å². The number of ether oxygens (including phenoxy) is 1. The topological polar surface area (TPSA) is 74.1 Å². The predicted molar refractivity (Wildman–Crippen MR) is 110 cm³/mol. The van der Waals surface area contributed by atoms with Crippen molar-refractivity contribution in [2.24, 2.45) is 0 Å².